The van der Waals surface area contributed by atoms with Crippen LogP contribution in [0.1, 0.15) is 220 Å². The van der Waals surface area contributed by atoms with Gasteiger partial charge in [-0.3, -0.25) is 14.1 Å². The Labute approximate surface area is 355 Å². The van der Waals surface area contributed by atoms with E-state index in [1.807, 2.05) is 6.08 Å². The molecule has 10 heteroatoms. The number of allylic oxidation sites excluding steroid dienone is 5. The smallest absolute Gasteiger partial charge is 0.462 e. The molecule has 1 saturated heterocycles. The first kappa shape index (κ1) is 54.2. The average molecular weight is 839 g/mol. The number of esters is 2. The van der Waals surface area contributed by atoms with E-state index in [9.17, 15) is 14.2 Å². The van der Waals surface area contributed by atoms with Gasteiger partial charge in [-0.25, -0.2) is 4.57 Å². The number of unbranched alkanes of at least 4 members (excludes halogenated alkanes) is 20. The van der Waals surface area contributed by atoms with Crippen LogP contribution in [0.4, 0.5) is 0 Å². The molecule has 58 heavy (non-hydrogen) atoms. The second-order valence-corrected chi connectivity index (χ2v) is 18.0. The Balaban J connectivity index is 2.03. The van der Waals surface area contributed by atoms with Crippen LogP contribution in [0.3, 0.4) is 0 Å². The number of phosphoric ester groups is 1. The van der Waals surface area contributed by atoms with Crippen LogP contribution in [0.25, 0.3) is 0 Å². The van der Waals surface area contributed by atoms with Gasteiger partial charge in [-0.1, -0.05) is 198 Å². The van der Waals surface area contributed by atoms with Gasteiger partial charge in [0.1, 0.15) is 6.61 Å². The predicted molar refractivity (Wildman–Crippen MR) is 239 cm³/mol. The molecule has 0 saturated carbocycles. The molecule has 0 aromatic carbocycles. The van der Waals surface area contributed by atoms with E-state index in [1.165, 1.54) is 128 Å². The maximum atomic E-state index is 12.5. The molecule has 1 aliphatic rings. The van der Waals surface area contributed by atoms with Crippen LogP contribution in [0.2, 0.25) is 0 Å². The number of rotatable bonds is 42. The summed E-state index contributed by atoms with van der Waals surface area (Å²) in [6, 6.07) is 0. The Kier molecular flexibility index (Phi) is 35.7. The van der Waals surface area contributed by atoms with Gasteiger partial charge in [0.05, 0.1) is 18.8 Å². The molecular formula is C48H87O9P. The molecule has 0 aliphatic carbocycles. The van der Waals surface area contributed by atoms with Gasteiger partial charge in [-0.15, -0.1) is 0 Å². The Bertz CT molecular complexity index is 1120. The number of epoxide rings is 1. The van der Waals surface area contributed by atoms with Crippen molar-refractivity contribution in [1.29, 1.82) is 0 Å². The van der Waals surface area contributed by atoms with Crippen molar-refractivity contribution < 1.29 is 42.7 Å². The third-order valence-corrected chi connectivity index (χ3v) is 11.6. The summed E-state index contributed by atoms with van der Waals surface area (Å²) < 4.78 is 32.2. The van der Waals surface area contributed by atoms with E-state index in [0.29, 0.717) is 25.0 Å². The number of carbonyl (C=O) groups is 2. The van der Waals surface area contributed by atoms with Crippen LogP contribution in [-0.2, 0) is 32.9 Å². The van der Waals surface area contributed by atoms with Crippen LogP contribution in [0.15, 0.2) is 36.5 Å². The molecule has 338 valence electrons. The van der Waals surface area contributed by atoms with Crippen molar-refractivity contribution in [2.24, 2.45) is 5.92 Å². The molecular weight excluding hydrogens is 751 g/mol. The number of phosphoric acid groups is 1. The summed E-state index contributed by atoms with van der Waals surface area (Å²) in [6.45, 7) is 6.02. The minimum Gasteiger partial charge on any atom is -0.462 e. The quantitative estimate of drug-likeness (QED) is 0.0203. The Morgan fingerprint density at radius 2 is 1.14 bits per heavy atom. The van der Waals surface area contributed by atoms with Gasteiger partial charge in [0.2, 0.25) is 0 Å². The topological polar surface area (TPSA) is 132 Å². The van der Waals surface area contributed by atoms with Crippen LogP contribution in [0.5, 0.6) is 0 Å². The lowest BCUT2D eigenvalue weighted by Crippen LogP contribution is -2.29. The van der Waals surface area contributed by atoms with Crippen molar-refractivity contribution in [1.82, 2.24) is 0 Å². The van der Waals surface area contributed by atoms with Crippen LogP contribution in [-0.4, -0.2) is 53.3 Å². The van der Waals surface area contributed by atoms with E-state index >= 15 is 0 Å². The molecule has 2 N–H and O–H groups in total. The van der Waals surface area contributed by atoms with Gasteiger partial charge in [0.25, 0.3) is 0 Å². The van der Waals surface area contributed by atoms with Crippen molar-refractivity contribution in [3.63, 3.8) is 0 Å². The molecule has 1 rings (SSSR count). The first-order valence-corrected chi connectivity index (χ1v) is 25.3. The minimum absolute atomic E-state index is 0.189. The molecule has 0 aromatic heterocycles. The highest BCUT2D eigenvalue weighted by molar-refractivity contribution is 7.46. The molecule has 0 aromatic rings. The van der Waals surface area contributed by atoms with Gasteiger partial charge < -0.3 is 24.0 Å². The summed E-state index contributed by atoms with van der Waals surface area (Å²) in [5.74, 6) is -0.0504. The molecule has 0 spiro atoms. The second-order valence-electron chi connectivity index (χ2n) is 16.7. The zero-order chi connectivity index (χ0) is 42.4. The second kappa shape index (κ2) is 38.2. The SMILES string of the molecule is CCCCCC1OC1C/C=C\C/C=C\C/C=C\CCCC(=O)OC[C@H](COP(=O)(O)O)OC(=O)CCCCCCCCCCCCCCCCCCCCC(C)CC. The number of hydrogen-bond donors (Lipinski definition) is 2. The highest BCUT2D eigenvalue weighted by Gasteiger charge is 2.36. The lowest BCUT2D eigenvalue weighted by atomic mass is 9.99. The zero-order valence-electron chi connectivity index (χ0n) is 37.3. The van der Waals surface area contributed by atoms with Crippen molar-refractivity contribution in [2.45, 2.75) is 238 Å². The fourth-order valence-corrected chi connectivity index (χ4v) is 7.44. The third-order valence-electron chi connectivity index (χ3n) is 11.1. The van der Waals surface area contributed by atoms with E-state index in [2.05, 4.69) is 55.7 Å². The number of ether oxygens (including phenoxy) is 3. The van der Waals surface area contributed by atoms with E-state index in [4.69, 9.17) is 24.0 Å². The summed E-state index contributed by atoms with van der Waals surface area (Å²) in [6.07, 6.45) is 47.6. The number of hydrogen-bond acceptors (Lipinski definition) is 7. The maximum Gasteiger partial charge on any atom is 0.469 e. The monoisotopic (exact) mass is 839 g/mol. The molecule has 0 bridgehead atoms. The lowest BCUT2D eigenvalue weighted by Gasteiger charge is -2.18. The van der Waals surface area contributed by atoms with Crippen LogP contribution in [0, 0.1) is 5.92 Å². The fraction of sp³-hybridized carbons (Fsp3) is 0.833. The van der Waals surface area contributed by atoms with Gasteiger partial charge in [-0.2, -0.15) is 0 Å². The highest BCUT2D eigenvalue weighted by atomic mass is 31.2. The highest BCUT2D eigenvalue weighted by Crippen LogP contribution is 2.36. The summed E-state index contributed by atoms with van der Waals surface area (Å²) in [5.41, 5.74) is 0. The lowest BCUT2D eigenvalue weighted by molar-refractivity contribution is -0.161. The Morgan fingerprint density at radius 1 is 0.621 bits per heavy atom. The summed E-state index contributed by atoms with van der Waals surface area (Å²) >= 11 is 0. The Hall–Kier alpha value is -1.77. The molecule has 1 fully saturated rings. The summed E-state index contributed by atoms with van der Waals surface area (Å²) in [7, 11) is -4.77. The van der Waals surface area contributed by atoms with Crippen LogP contribution >= 0.6 is 7.82 Å². The normalized spacial score (nSPS) is 16.8. The molecule has 9 nitrogen and oxygen atoms in total. The van der Waals surface area contributed by atoms with Gasteiger partial charge in [-0.05, 0) is 50.9 Å². The average Bonchev–Trinajstić information content (AvgIpc) is 3.95. The molecule has 0 amide bonds. The van der Waals surface area contributed by atoms with E-state index in [0.717, 1.165) is 50.9 Å². The largest absolute Gasteiger partial charge is 0.469 e. The molecule has 4 atom stereocenters. The van der Waals surface area contributed by atoms with Gasteiger partial charge in [0, 0.05) is 12.8 Å². The molecule has 1 heterocycles. The van der Waals surface area contributed by atoms with Crippen molar-refractivity contribution >= 4 is 19.8 Å². The molecule has 0 radical (unpaired) electrons. The first-order valence-electron chi connectivity index (χ1n) is 23.8. The maximum absolute atomic E-state index is 12.5. The van der Waals surface area contributed by atoms with Gasteiger partial charge in [0.15, 0.2) is 6.10 Å². The Morgan fingerprint density at radius 3 is 1.69 bits per heavy atom. The summed E-state index contributed by atoms with van der Waals surface area (Å²) in [5, 5.41) is 0. The molecule has 1 aliphatic heterocycles. The van der Waals surface area contributed by atoms with Gasteiger partial charge >= 0.3 is 19.8 Å². The standard InChI is InChI=1S/C48H87O9P/c1-4-6-31-37-45-46(57-45)38-33-28-24-20-17-18-21-25-29-34-39-47(49)54-41-44(42-55-58(51,52)53)56-48(50)40-35-30-26-22-16-14-12-10-8-7-9-11-13-15-19-23-27-32-36-43(3)5-2/h17,20-21,25,28,33,43-46H,4-16,18-19,22-24,26-27,29-32,34-42H2,1-3H3,(H2,51,52,53)/b20-17-,25-21-,33-28-/t43?,44-,45?,46?/m1/s1. The molecule has 3 unspecified atom stereocenters. The van der Waals surface area contributed by atoms with Crippen molar-refractivity contribution in [3.05, 3.63) is 36.5 Å². The van der Waals surface area contributed by atoms with E-state index in [-0.39, 0.29) is 19.4 Å². The van der Waals surface area contributed by atoms with E-state index in [1.54, 1.807) is 0 Å². The summed E-state index contributed by atoms with van der Waals surface area (Å²) in [4.78, 5) is 43.0. The first-order chi connectivity index (χ1) is 28.1. The van der Waals surface area contributed by atoms with E-state index < -0.39 is 32.5 Å². The third kappa shape index (κ3) is 37.2. The number of carbonyl (C=O) groups excluding carboxylic acids is 2. The minimum atomic E-state index is -4.77. The van der Waals surface area contributed by atoms with Crippen molar-refractivity contribution in [3.8, 4) is 0 Å². The predicted octanol–water partition coefficient (Wildman–Crippen LogP) is 13.8. The van der Waals surface area contributed by atoms with Crippen LogP contribution < -0.4 is 0 Å². The zero-order valence-corrected chi connectivity index (χ0v) is 38.2. The van der Waals surface area contributed by atoms with Crippen molar-refractivity contribution in [2.75, 3.05) is 13.2 Å². The fourth-order valence-electron chi connectivity index (χ4n) is 7.08.